The Bertz CT molecular complexity index is 377. The normalized spacial score (nSPS) is 10.4. The molecule has 1 nitrogen and oxygen atoms in total. The van der Waals surface area contributed by atoms with Crippen molar-refractivity contribution >= 4 is 21.7 Å². The van der Waals surface area contributed by atoms with E-state index in [0.717, 1.165) is 6.07 Å². The molecule has 1 aromatic carbocycles. The molecule has 1 aromatic rings. The third-order valence-corrected chi connectivity index (χ3v) is 2.65. The van der Waals surface area contributed by atoms with E-state index in [-0.39, 0.29) is 22.2 Å². The van der Waals surface area contributed by atoms with Crippen LogP contribution in [0.4, 0.5) is 8.78 Å². The molecule has 0 heterocycles. The van der Waals surface area contributed by atoms with Crippen molar-refractivity contribution < 1.29 is 13.6 Å². The van der Waals surface area contributed by atoms with Crippen molar-refractivity contribution in [2.24, 2.45) is 0 Å². The number of Topliss-reactive ketones (excluding diaryl/α,β-unsaturated/α-hetero) is 1. The predicted octanol–water partition coefficient (Wildman–Crippen LogP) is 3.64. The molecular weight excluding hydrogens is 266 g/mol. The zero-order chi connectivity index (χ0) is 11.4. The van der Waals surface area contributed by atoms with Crippen LogP contribution >= 0.6 is 15.9 Å². The molecule has 0 saturated heterocycles. The van der Waals surface area contributed by atoms with Crippen LogP contribution in [0.3, 0.4) is 0 Å². The third kappa shape index (κ3) is 3.09. The molecule has 0 aromatic heterocycles. The van der Waals surface area contributed by atoms with Crippen LogP contribution in [0.25, 0.3) is 0 Å². The summed E-state index contributed by atoms with van der Waals surface area (Å²) in [6.07, 6.45) is 0.867. The Morgan fingerprint density at radius 1 is 1.40 bits per heavy atom. The van der Waals surface area contributed by atoms with E-state index < -0.39 is 11.6 Å². The summed E-state index contributed by atoms with van der Waals surface area (Å²) in [5.74, 6) is -1.49. The molecule has 0 unspecified atom stereocenters. The highest BCUT2D eigenvalue weighted by Gasteiger charge is 2.15. The summed E-state index contributed by atoms with van der Waals surface area (Å²) in [6.45, 7) is 1.85. The van der Waals surface area contributed by atoms with Crippen molar-refractivity contribution in [3.8, 4) is 0 Å². The molecule has 0 N–H and O–H groups in total. The van der Waals surface area contributed by atoms with Gasteiger partial charge in [0.25, 0.3) is 0 Å². The highest BCUT2D eigenvalue weighted by Crippen LogP contribution is 2.22. The molecule has 0 aliphatic rings. The molecule has 4 heteroatoms. The quantitative estimate of drug-likeness (QED) is 0.768. The van der Waals surface area contributed by atoms with Gasteiger partial charge in [0.15, 0.2) is 0 Å². The van der Waals surface area contributed by atoms with Gasteiger partial charge in [-0.25, -0.2) is 8.78 Å². The summed E-state index contributed by atoms with van der Waals surface area (Å²) in [6, 6.07) is 2.44. The number of hydrogen-bond acceptors (Lipinski definition) is 1. The van der Waals surface area contributed by atoms with E-state index in [0.29, 0.717) is 12.8 Å². The van der Waals surface area contributed by atoms with Gasteiger partial charge in [-0.3, -0.25) is 4.79 Å². The van der Waals surface area contributed by atoms with Crippen LogP contribution in [-0.4, -0.2) is 5.78 Å². The van der Waals surface area contributed by atoms with Gasteiger partial charge in [-0.05, 0) is 34.5 Å². The molecule has 0 atom stereocenters. The Labute approximate surface area is 95.6 Å². The van der Waals surface area contributed by atoms with Crippen molar-refractivity contribution in [2.45, 2.75) is 26.2 Å². The van der Waals surface area contributed by atoms with Gasteiger partial charge in [0, 0.05) is 18.4 Å². The van der Waals surface area contributed by atoms with E-state index in [1.807, 2.05) is 6.92 Å². The molecule has 82 valence electrons. The molecule has 0 aliphatic heterocycles. The van der Waals surface area contributed by atoms with Crippen molar-refractivity contribution in [2.75, 3.05) is 0 Å². The lowest BCUT2D eigenvalue weighted by Crippen LogP contribution is -2.06. The van der Waals surface area contributed by atoms with Crippen LogP contribution in [-0.2, 0) is 11.2 Å². The molecule has 0 saturated carbocycles. The second-order valence-electron chi connectivity index (χ2n) is 3.29. The lowest BCUT2D eigenvalue weighted by molar-refractivity contribution is -0.118. The van der Waals surface area contributed by atoms with Crippen LogP contribution in [0.2, 0.25) is 0 Å². The van der Waals surface area contributed by atoms with Crippen LogP contribution in [0.1, 0.15) is 25.3 Å². The Hall–Kier alpha value is -0.770. The summed E-state index contributed by atoms with van der Waals surface area (Å²) in [5, 5.41) is 0. The van der Waals surface area contributed by atoms with Gasteiger partial charge in [0.1, 0.15) is 17.4 Å². The number of hydrogen-bond donors (Lipinski definition) is 0. The lowest BCUT2D eigenvalue weighted by atomic mass is 10.1. The van der Waals surface area contributed by atoms with Gasteiger partial charge in [-0.15, -0.1) is 0 Å². The zero-order valence-corrected chi connectivity index (χ0v) is 9.90. The first-order valence-electron chi connectivity index (χ1n) is 4.70. The minimum Gasteiger partial charge on any atom is -0.299 e. The summed E-state index contributed by atoms with van der Waals surface area (Å²) in [7, 11) is 0. The van der Waals surface area contributed by atoms with Crippen LogP contribution in [0.5, 0.6) is 0 Å². The summed E-state index contributed by atoms with van der Waals surface area (Å²) >= 11 is 2.96. The monoisotopic (exact) mass is 276 g/mol. The van der Waals surface area contributed by atoms with Crippen LogP contribution < -0.4 is 0 Å². The summed E-state index contributed by atoms with van der Waals surface area (Å²) in [4.78, 5) is 11.3. The topological polar surface area (TPSA) is 17.1 Å². The largest absolute Gasteiger partial charge is 0.299 e. The Morgan fingerprint density at radius 2 is 2.07 bits per heavy atom. The number of carbonyl (C=O) groups excluding carboxylic acids is 1. The molecule has 0 radical (unpaired) electrons. The minimum absolute atomic E-state index is 0.145. The van der Waals surface area contributed by atoms with Crippen molar-refractivity contribution in [1.82, 2.24) is 0 Å². The standard InChI is InChI=1S/C11H11BrF2O/c1-2-3-7(15)6-8-10(13)5-4-9(12)11(8)14/h4-5H,2-3,6H2,1H3. The fraction of sp³-hybridized carbons (Fsp3) is 0.364. The van der Waals surface area contributed by atoms with E-state index in [1.165, 1.54) is 6.07 Å². The smallest absolute Gasteiger partial charge is 0.143 e. The number of benzene rings is 1. The van der Waals surface area contributed by atoms with E-state index in [4.69, 9.17) is 0 Å². The SMILES string of the molecule is CCCC(=O)Cc1c(F)ccc(Br)c1F. The number of halogens is 3. The fourth-order valence-corrected chi connectivity index (χ4v) is 1.67. The number of carbonyl (C=O) groups is 1. The van der Waals surface area contributed by atoms with Gasteiger partial charge < -0.3 is 0 Å². The van der Waals surface area contributed by atoms with E-state index >= 15 is 0 Å². The maximum Gasteiger partial charge on any atom is 0.143 e. The second kappa shape index (κ2) is 5.35. The fourth-order valence-electron chi connectivity index (χ4n) is 1.30. The van der Waals surface area contributed by atoms with Gasteiger partial charge in [-0.1, -0.05) is 6.92 Å². The Kier molecular flexibility index (Phi) is 4.39. The molecule has 0 bridgehead atoms. The molecule has 0 spiro atoms. The minimum atomic E-state index is -0.681. The summed E-state index contributed by atoms with van der Waals surface area (Å²) < 4.78 is 26.8. The number of ketones is 1. The van der Waals surface area contributed by atoms with Crippen LogP contribution in [0.15, 0.2) is 16.6 Å². The first-order chi connectivity index (χ1) is 7.06. The second-order valence-corrected chi connectivity index (χ2v) is 4.14. The number of rotatable bonds is 4. The molecule has 1 rings (SSSR count). The van der Waals surface area contributed by atoms with Crippen molar-refractivity contribution in [3.05, 3.63) is 33.8 Å². The average molecular weight is 277 g/mol. The summed E-state index contributed by atoms with van der Waals surface area (Å²) in [5.41, 5.74) is -0.150. The molecule has 0 amide bonds. The average Bonchev–Trinajstić information content (AvgIpc) is 2.19. The Balaban J connectivity index is 2.93. The van der Waals surface area contributed by atoms with Crippen LogP contribution in [0, 0.1) is 11.6 Å². The Morgan fingerprint density at radius 3 is 2.67 bits per heavy atom. The van der Waals surface area contributed by atoms with E-state index in [2.05, 4.69) is 15.9 Å². The zero-order valence-electron chi connectivity index (χ0n) is 8.32. The highest BCUT2D eigenvalue weighted by molar-refractivity contribution is 9.10. The van der Waals surface area contributed by atoms with Gasteiger partial charge in [-0.2, -0.15) is 0 Å². The molecular formula is C11H11BrF2O. The van der Waals surface area contributed by atoms with Crippen molar-refractivity contribution in [1.29, 1.82) is 0 Å². The van der Waals surface area contributed by atoms with Gasteiger partial charge >= 0.3 is 0 Å². The van der Waals surface area contributed by atoms with Gasteiger partial charge in [0.05, 0.1) is 4.47 Å². The molecule has 0 aliphatic carbocycles. The third-order valence-electron chi connectivity index (χ3n) is 2.04. The van der Waals surface area contributed by atoms with Gasteiger partial charge in [0.2, 0.25) is 0 Å². The van der Waals surface area contributed by atoms with E-state index in [1.54, 1.807) is 0 Å². The first-order valence-corrected chi connectivity index (χ1v) is 5.49. The molecule has 15 heavy (non-hydrogen) atoms. The lowest BCUT2D eigenvalue weighted by Gasteiger charge is -2.05. The van der Waals surface area contributed by atoms with Crippen molar-refractivity contribution in [3.63, 3.8) is 0 Å². The maximum absolute atomic E-state index is 13.4. The maximum atomic E-state index is 13.4. The molecule has 0 fully saturated rings. The first kappa shape index (κ1) is 12.3. The van der Waals surface area contributed by atoms with E-state index in [9.17, 15) is 13.6 Å². The predicted molar refractivity (Wildman–Crippen MR) is 57.7 cm³/mol. The highest BCUT2D eigenvalue weighted by atomic mass is 79.9.